The van der Waals surface area contributed by atoms with Crippen molar-refractivity contribution >= 4 is 41.4 Å². The van der Waals surface area contributed by atoms with Crippen molar-refractivity contribution in [3.05, 3.63) is 29.8 Å². The number of rotatable bonds is 17. The first-order chi connectivity index (χ1) is 18.0. The molecule has 0 aliphatic rings. The van der Waals surface area contributed by atoms with Crippen LogP contribution in [-0.4, -0.2) is 94.3 Å². The number of aliphatic carboxylic acids is 1. The van der Waals surface area contributed by atoms with E-state index in [1.54, 1.807) is 12.1 Å². The lowest BCUT2D eigenvalue weighted by Crippen LogP contribution is -2.58. The molecule has 1 aromatic carbocycles. The molecular weight excluding hydrogens is 518 g/mol. The number of carboxylic acids is 1. The third-order valence-electron chi connectivity index (χ3n) is 5.35. The molecule has 0 aliphatic heterocycles. The Kier molecular flexibility index (Phi) is 14.6. The molecule has 4 unspecified atom stereocenters. The number of thioether (sulfide) groups is 1. The van der Waals surface area contributed by atoms with E-state index in [2.05, 4.69) is 20.9 Å². The number of carboxylic acid groups (broad SMARTS) is 1. The van der Waals surface area contributed by atoms with Gasteiger partial charge in [-0.3, -0.25) is 19.4 Å². The summed E-state index contributed by atoms with van der Waals surface area (Å²) in [5.41, 5.74) is 16.7. The van der Waals surface area contributed by atoms with E-state index >= 15 is 0 Å². The van der Waals surface area contributed by atoms with Crippen molar-refractivity contribution in [2.24, 2.45) is 22.2 Å². The van der Waals surface area contributed by atoms with Crippen LogP contribution < -0.4 is 33.2 Å². The van der Waals surface area contributed by atoms with E-state index < -0.39 is 54.5 Å². The molecule has 0 bridgehead atoms. The summed E-state index contributed by atoms with van der Waals surface area (Å²) in [6, 6.07) is 1.18. The molecule has 1 aromatic rings. The number of aliphatic hydroxyl groups is 1. The number of hydrogen-bond acceptors (Lipinski definition) is 9. The maximum Gasteiger partial charge on any atom is 0.326 e. The molecule has 0 spiro atoms. The minimum atomic E-state index is -1.27. The van der Waals surface area contributed by atoms with Crippen molar-refractivity contribution in [1.29, 1.82) is 0 Å². The van der Waals surface area contributed by atoms with Crippen LogP contribution in [0.2, 0.25) is 0 Å². The van der Waals surface area contributed by atoms with Gasteiger partial charge in [0.25, 0.3) is 0 Å². The van der Waals surface area contributed by atoms with Gasteiger partial charge in [-0.25, -0.2) is 4.79 Å². The third-order valence-corrected chi connectivity index (χ3v) is 5.99. The van der Waals surface area contributed by atoms with Crippen molar-refractivity contribution in [3.63, 3.8) is 0 Å². The van der Waals surface area contributed by atoms with E-state index in [0.717, 1.165) is 0 Å². The number of phenolic OH excluding ortho intramolecular Hbond substituents is 1. The molecule has 12 N–H and O–H groups in total. The van der Waals surface area contributed by atoms with Crippen molar-refractivity contribution < 1.29 is 34.5 Å². The number of carbonyl (C=O) groups excluding carboxylic acids is 3. The van der Waals surface area contributed by atoms with Crippen LogP contribution in [0, 0.1) is 0 Å². The third kappa shape index (κ3) is 12.1. The number of nitrogens with one attached hydrogen (secondary N) is 3. The summed E-state index contributed by atoms with van der Waals surface area (Å²) in [4.78, 5) is 54.0. The van der Waals surface area contributed by atoms with Crippen molar-refractivity contribution in [2.75, 3.05) is 25.2 Å². The number of aliphatic hydroxyl groups excluding tert-OH is 1. The van der Waals surface area contributed by atoms with Gasteiger partial charge in [0.1, 0.15) is 29.9 Å². The van der Waals surface area contributed by atoms with Crippen molar-refractivity contribution in [3.8, 4) is 5.75 Å². The Bertz CT molecular complexity index is 958. The SMILES string of the molecule is CSCCC(NC(=O)C(Cc1ccc(O)cc1)NC(=O)C(N)CO)C(=O)NC(CCCN=C(N)N)C(=O)O. The van der Waals surface area contributed by atoms with Gasteiger partial charge in [-0.2, -0.15) is 11.8 Å². The van der Waals surface area contributed by atoms with Crippen LogP contribution in [0.4, 0.5) is 0 Å². The summed E-state index contributed by atoms with van der Waals surface area (Å²) in [5, 5.41) is 35.7. The summed E-state index contributed by atoms with van der Waals surface area (Å²) < 4.78 is 0. The Morgan fingerprint density at radius 2 is 1.53 bits per heavy atom. The van der Waals surface area contributed by atoms with Gasteiger partial charge in [0.05, 0.1) is 6.61 Å². The normalized spacial score (nSPS) is 13.9. The number of benzene rings is 1. The molecule has 0 radical (unpaired) electrons. The Morgan fingerprint density at radius 1 is 0.947 bits per heavy atom. The molecule has 14 nitrogen and oxygen atoms in total. The van der Waals surface area contributed by atoms with E-state index in [1.165, 1.54) is 23.9 Å². The minimum absolute atomic E-state index is 0.00455. The predicted molar refractivity (Wildman–Crippen MR) is 143 cm³/mol. The highest BCUT2D eigenvalue weighted by atomic mass is 32.2. The molecule has 212 valence electrons. The van der Waals surface area contributed by atoms with Gasteiger partial charge in [0.15, 0.2) is 5.96 Å². The highest BCUT2D eigenvalue weighted by Crippen LogP contribution is 2.12. The first kappa shape index (κ1) is 32.5. The number of nitrogens with zero attached hydrogens (tertiary/aromatic N) is 1. The maximum atomic E-state index is 13.2. The van der Waals surface area contributed by atoms with E-state index in [0.29, 0.717) is 17.7 Å². The number of amides is 3. The van der Waals surface area contributed by atoms with Gasteiger partial charge in [-0.1, -0.05) is 12.1 Å². The van der Waals surface area contributed by atoms with Crippen LogP contribution >= 0.6 is 11.8 Å². The number of nitrogens with two attached hydrogens (primary N) is 3. The Balaban J connectivity index is 3.03. The monoisotopic (exact) mass is 555 g/mol. The fourth-order valence-corrected chi connectivity index (χ4v) is 3.72. The number of carbonyl (C=O) groups is 4. The van der Waals surface area contributed by atoms with Crippen molar-refractivity contribution in [2.45, 2.75) is 49.9 Å². The molecule has 0 saturated heterocycles. The quantitative estimate of drug-likeness (QED) is 0.0556. The average Bonchev–Trinajstić information content (AvgIpc) is 2.87. The fraction of sp³-hybridized carbons (Fsp3) is 0.522. The smallest absolute Gasteiger partial charge is 0.326 e. The molecule has 0 fully saturated rings. The maximum absolute atomic E-state index is 13.2. The van der Waals surface area contributed by atoms with Gasteiger partial charge in [0, 0.05) is 13.0 Å². The number of aliphatic imine (C=N–C) groups is 1. The molecular formula is C23H37N7O7S. The fourth-order valence-electron chi connectivity index (χ4n) is 3.25. The van der Waals surface area contributed by atoms with Crippen LogP contribution in [0.5, 0.6) is 5.75 Å². The zero-order valence-corrected chi connectivity index (χ0v) is 21.9. The van der Waals surface area contributed by atoms with Gasteiger partial charge < -0.3 is 48.5 Å². The minimum Gasteiger partial charge on any atom is -0.508 e. The number of hydrogen-bond donors (Lipinski definition) is 9. The first-order valence-electron chi connectivity index (χ1n) is 11.8. The van der Waals surface area contributed by atoms with Crippen LogP contribution in [0.15, 0.2) is 29.3 Å². The van der Waals surface area contributed by atoms with Crippen LogP contribution in [0.25, 0.3) is 0 Å². The lowest BCUT2D eigenvalue weighted by molar-refractivity contribution is -0.142. The van der Waals surface area contributed by atoms with Crippen LogP contribution in [0.1, 0.15) is 24.8 Å². The Morgan fingerprint density at radius 3 is 2.08 bits per heavy atom. The molecule has 0 saturated carbocycles. The summed E-state index contributed by atoms with van der Waals surface area (Å²) in [6.45, 7) is -0.457. The standard InChI is InChI=1S/C23H37N7O7S/c1-38-10-8-16(20(34)29-17(22(36)37)3-2-9-27-23(25)26)28-21(35)18(30-19(33)15(24)12-31)11-13-4-6-14(32)7-5-13/h4-7,15-18,31-32H,2-3,8-12,24H2,1H3,(H,28,35)(H,29,34)(H,30,33)(H,36,37)(H4,25,26,27). The number of aromatic hydroxyl groups is 1. The largest absolute Gasteiger partial charge is 0.508 e. The van der Waals surface area contributed by atoms with Crippen LogP contribution in [0.3, 0.4) is 0 Å². The van der Waals surface area contributed by atoms with Gasteiger partial charge in [-0.05, 0) is 49.0 Å². The second kappa shape index (κ2) is 17.0. The van der Waals surface area contributed by atoms with E-state index in [9.17, 15) is 34.5 Å². The average molecular weight is 556 g/mol. The lowest BCUT2D eigenvalue weighted by atomic mass is 10.0. The van der Waals surface area contributed by atoms with E-state index in [4.69, 9.17) is 17.2 Å². The molecule has 4 atom stereocenters. The number of guanidine groups is 1. The second-order valence-electron chi connectivity index (χ2n) is 8.41. The lowest BCUT2D eigenvalue weighted by Gasteiger charge is -2.25. The molecule has 15 heteroatoms. The van der Waals surface area contributed by atoms with E-state index in [-0.39, 0.29) is 37.5 Å². The molecule has 0 aromatic heterocycles. The van der Waals surface area contributed by atoms with E-state index in [1.807, 2.05) is 6.26 Å². The second-order valence-corrected chi connectivity index (χ2v) is 9.40. The summed E-state index contributed by atoms with van der Waals surface area (Å²) >= 11 is 1.43. The first-order valence-corrected chi connectivity index (χ1v) is 13.2. The van der Waals surface area contributed by atoms with Crippen molar-refractivity contribution in [1.82, 2.24) is 16.0 Å². The van der Waals surface area contributed by atoms with Crippen LogP contribution in [-0.2, 0) is 25.6 Å². The molecule has 0 aliphatic carbocycles. The highest BCUT2D eigenvalue weighted by molar-refractivity contribution is 7.98. The molecule has 38 heavy (non-hydrogen) atoms. The van der Waals surface area contributed by atoms with Gasteiger partial charge >= 0.3 is 5.97 Å². The van der Waals surface area contributed by atoms with Gasteiger partial charge in [0.2, 0.25) is 17.7 Å². The van der Waals surface area contributed by atoms with Gasteiger partial charge in [-0.15, -0.1) is 0 Å². The zero-order chi connectivity index (χ0) is 28.7. The Hall–Kier alpha value is -3.56. The Labute approximate surface area is 224 Å². The zero-order valence-electron chi connectivity index (χ0n) is 21.1. The topological polar surface area (TPSA) is 255 Å². The summed E-state index contributed by atoms with van der Waals surface area (Å²) in [6.07, 6.45) is 2.34. The summed E-state index contributed by atoms with van der Waals surface area (Å²) in [5.74, 6) is -3.08. The molecule has 1 rings (SSSR count). The molecule has 3 amide bonds. The molecule has 0 heterocycles. The highest BCUT2D eigenvalue weighted by Gasteiger charge is 2.30. The predicted octanol–water partition coefficient (Wildman–Crippen LogP) is -2.40. The number of phenols is 1. The summed E-state index contributed by atoms with van der Waals surface area (Å²) in [7, 11) is 0.